The predicted molar refractivity (Wildman–Crippen MR) is 69.4 cm³/mol. The molecule has 0 bridgehead atoms. The number of oxime groups is 1. The number of phenolic OH excluding ortho intramolecular Hbond substituents is 2. The van der Waals surface area contributed by atoms with E-state index in [9.17, 15) is 15.0 Å². The lowest BCUT2D eigenvalue weighted by Gasteiger charge is -2.21. The second-order valence-electron chi connectivity index (χ2n) is 3.93. The van der Waals surface area contributed by atoms with Crippen LogP contribution in [0.25, 0.3) is 0 Å². The highest BCUT2D eigenvalue weighted by Gasteiger charge is 2.18. The fourth-order valence-corrected chi connectivity index (χ4v) is 1.57. The molecule has 0 unspecified atom stereocenters. The maximum atomic E-state index is 12.2. The standard InChI is InChI=1S/C12H17N3O4/c1-2-15(6-5-11(13)14-19)12(18)9-7-8(16)3-4-10(9)17/h3-4,7,16-17,19H,2,5-6H2,1H3,(H2,13,14). The monoisotopic (exact) mass is 267 g/mol. The fourth-order valence-electron chi connectivity index (χ4n) is 1.57. The van der Waals surface area contributed by atoms with Crippen molar-refractivity contribution < 1.29 is 20.2 Å². The van der Waals surface area contributed by atoms with E-state index in [4.69, 9.17) is 10.9 Å². The van der Waals surface area contributed by atoms with Gasteiger partial charge in [-0.15, -0.1) is 0 Å². The van der Waals surface area contributed by atoms with Crippen LogP contribution in [0.1, 0.15) is 23.7 Å². The van der Waals surface area contributed by atoms with Crippen molar-refractivity contribution in [3.63, 3.8) is 0 Å². The van der Waals surface area contributed by atoms with Gasteiger partial charge in [0.15, 0.2) is 0 Å². The van der Waals surface area contributed by atoms with E-state index in [2.05, 4.69) is 5.16 Å². The van der Waals surface area contributed by atoms with E-state index in [-0.39, 0.29) is 35.9 Å². The molecule has 5 N–H and O–H groups in total. The number of rotatable bonds is 5. The van der Waals surface area contributed by atoms with Gasteiger partial charge < -0.3 is 26.1 Å². The van der Waals surface area contributed by atoms with E-state index in [1.807, 2.05) is 0 Å². The molecule has 0 aliphatic rings. The van der Waals surface area contributed by atoms with Crippen molar-refractivity contribution >= 4 is 11.7 Å². The Bertz CT molecular complexity index is 488. The number of aromatic hydroxyl groups is 2. The Morgan fingerprint density at radius 1 is 1.42 bits per heavy atom. The van der Waals surface area contributed by atoms with E-state index < -0.39 is 5.91 Å². The van der Waals surface area contributed by atoms with Gasteiger partial charge in [0.25, 0.3) is 5.91 Å². The fraction of sp³-hybridized carbons (Fsp3) is 0.333. The van der Waals surface area contributed by atoms with E-state index in [0.717, 1.165) is 0 Å². The summed E-state index contributed by atoms with van der Waals surface area (Å²) in [6.45, 7) is 2.41. The van der Waals surface area contributed by atoms with Crippen molar-refractivity contribution in [2.75, 3.05) is 13.1 Å². The molecule has 0 aromatic heterocycles. The van der Waals surface area contributed by atoms with Gasteiger partial charge in [0.05, 0.1) is 5.56 Å². The average Bonchev–Trinajstić information content (AvgIpc) is 2.41. The summed E-state index contributed by atoms with van der Waals surface area (Å²) >= 11 is 0. The zero-order valence-corrected chi connectivity index (χ0v) is 10.6. The molecule has 1 aromatic carbocycles. The Hall–Kier alpha value is -2.44. The molecule has 1 aromatic rings. The molecule has 7 heteroatoms. The van der Waals surface area contributed by atoms with Gasteiger partial charge in [0.1, 0.15) is 17.3 Å². The van der Waals surface area contributed by atoms with E-state index in [0.29, 0.717) is 6.54 Å². The van der Waals surface area contributed by atoms with Gasteiger partial charge in [0, 0.05) is 19.5 Å². The minimum absolute atomic E-state index is 0.0151. The third-order valence-corrected chi connectivity index (χ3v) is 2.65. The lowest BCUT2D eigenvalue weighted by molar-refractivity contribution is 0.0765. The Kier molecular flexibility index (Phi) is 4.99. The number of amidine groups is 1. The van der Waals surface area contributed by atoms with Crippen LogP contribution in [-0.2, 0) is 0 Å². The van der Waals surface area contributed by atoms with Gasteiger partial charge in [-0.1, -0.05) is 5.16 Å². The highest BCUT2D eigenvalue weighted by molar-refractivity contribution is 5.97. The first-order valence-electron chi connectivity index (χ1n) is 5.77. The molecule has 0 spiro atoms. The molecule has 1 rings (SSSR count). The van der Waals surface area contributed by atoms with E-state index in [1.165, 1.54) is 23.1 Å². The lowest BCUT2D eigenvalue weighted by atomic mass is 10.1. The number of carbonyl (C=O) groups is 1. The van der Waals surface area contributed by atoms with Crippen molar-refractivity contribution in [1.29, 1.82) is 0 Å². The largest absolute Gasteiger partial charge is 0.508 e. The summed E-state index contributed by atoms with van der Waals surface area (Å²) in [5, 5.41) is 30.2. The number of carbonyl (C=O) groups excluding carboxylic acids is 1. The first kappa shape index (κ1) is 14.6. The van der Waals surface area contributed by atoms with Gasteiger partial charge in [-0.3, -0.25) is 4.79 Å². The first-order valence-corrected chi connectivity index (χ1v) is 5.77. The molecule has 7 nitrogen and oxygen atoms in total. The summed E-state index contributed by atoms with van der Waals surface area (Å²) in [7, 11) is 0. The minimum atomic E-state index is -0.429. The zero-order valence-electron chi connectivity index (χ0n) is 10.6. The number of amides is 1. The summed E-state index contributed by atoms with van der Waals surface area (Å²) in [5.41, 5.74) is 5.36. The molecule has 0 atom stereocenters. The van der Waals surface area contributed by atoms with Crippen LogP contribution in [0.5, 0.6) is 11.5 Å². The van der Waals surface area contributed by atoms with Crippen molar-refractivity contribution in [3.8, 4) is 11.5 Å². The Morgan fingerprint density at radius 3 is 2.68 bits per heavy atom. The molecule has 1 amide bonds. The van der Waals surface area contributed by atoms with Crippen LogP contribution in [0.2, 0.25) is 0 Å². The second kappa shape index (κ2) is 6.48. The molecule has 104 valence electrons. The molecule has 0 aliphatic heterocycles. The van der Waals surface area contributed by atoms with Crippen LogP contribution in [0.4, 0.5) is 0 Å². The summed E-state index contributed by atoms with van der Waals surface area (Å²) in [4.78, 5) is 13.6. The van der Waals surface area contributed by atoms with Gasteiger partial charge >= 0.3 is 0 Å². The normalized spacial score (nSPS) is 11.3. The number of nitrogens with zero attached hydrogens (tertiary/aromatic N) is 2. The quantitative estimate of drug-likeness (QED) is 0.206. The third kappa shape index (κ3) is 3.77. The molecular formula is C12H17N3O4. The molecule has 0 saturated carbocycles. The van der Waals surface area contributed by atoms with Crippen molar-refractivity contribution in [2.45, 2.75) is 13.3 Å². The Morgan fingerprint density at radius 2 is 2.11 bits per heavy atom. The minimum Gasteiger partial charge on any atom is -0.508 e. The molecule has 0 fully saturated rings. The van der Waals surface area contributed by atoms with Crippen LogP contribution in [0.15, 0.2) is 23.4 Å². The Labute approximate surface area is 110 Å². The molecule has 0 radical (unpaired) electrons. The van der Waals surface area contributed by atoms with Gasteiger partial charge in [-0.25, -0.2) is 0 Å². The topological polar surface area (TPSA) is 119 Å². The van der Waals surface area contributed by atoms with Gasteiger partial charge in [0.2, 0.25) is 0 Å². The van der Waals surface area contributed by atoms with Crippen LogP contribution in [-0.4, -0.2) is 45.2 Å². The van der Waals surface area contributed by atoms with Crippen LogP contribution in [0.3, 0.4) is 0 Å². The highest BCUT2D eigenvalue weighted by Crippen LogP contribution is 2.23. The molecule has 0 heterocycles. The highest BCUT2D eigenvalue weighted by atomic mass is 16.4. The smallest absolute Gasteiger partial charge is 0.257 e. The molecule has 19 heavy (non-hydrogen) atoms. The number of nitrogens with two attached hydrogens (primary N) is 1. The van der Waals surface area contributed by atoms with Gasteiger partial charge in [-0.2, -0.15) is 0 Å². The first-order chi connectivity index (χ1) is 8.99. The SMILES string of the molecule is CCN(CC/C(N)=N/O)C(=O)c1cc(O)ccc1O. The van der Waals surface area contributed by atoms with Crippen LogP contribution in [0, 0.1) is 0 Å². The number of benzene rings is 1. The summed E-state index contributed by atoms with van der Waals surface area (Å²) < 4.78 is 0. The van der Waals surface area contributed by atoms with Crippen LogP contribution < -0.4 is 5.73 Å². The third-order valence-electron chi connectivity index (χ3n) is 2.65. The van der Waals surface area contributed by atoms with Crippen LogP contribution >= 0.6 is 0 Å². The number of hydrogen-bond acceptors (Lipinski definition) is 5. The van der Waals surface area contributed by atoms with Crippen molar-refractivity contribution in [1.82, 2.24) is 4.90 Å². The average molecular weight is 267 g/mol. The summed E-state index contributed by atoms with van der Waals surface area (Å²) in [6, 6.07) is 3.74. The maximum Gasteiger partial charge on any atom is 0.257 e. The Balaban J connectivity index is 2.86. The van der Waals surface area contributed by atoms with Gasteiger partial charge in [-0.05, 0) is 25.1 Å². The van der Waals surface area contributed by atoms with Crippen molar-refractivity contribution in [2.24, 2.45) is 10.9 Å². The van der Waals surface area contributed by atoms with Crippen molar-refractivity contribution in [3.05, 3.63) is 23.8 Å². The van der Waals surface area contributed by atoms with E-state index in [1.54, 1.807) is 6.92 Å². The predicted octanol–water partition coefficient (Wildman–Crippen LogP) is 0.696. The molecular weight excluding hydrogens is 250 g/mol. The zero-order chi connectivity index (χ0) is 14.4. The maximum absolute atomic E-state index is 12.2. The number of hydrogen-bond donors (Lipinski definition) is 4. The number of phenols is 2. The summed E-state index contributed by atoms with van der Waals surface area (Å²) in [6.07, 6.45) is 0.218. The molecule has 0 aliphatic carbocycles. The molecule has 0 saturated heterocycles. The summed E-state index contributed by atoms with van der Waals surface area (Å²) in [5.74, 6) is -0.716. The van der Waals surface area contributed by atoms with E-state index >= 15 is 0 Å². The second-order valence-corrected chi connectivity index (χ2v) is 3.93. The lowest BCUT2D eigenvalue weighted by Crippen LogP contribution is -2.34.